The number of fused-ring (bicyclic) bond motifs is 1. The van der Waals surface area contributed by atoms with Crippen LogP contribution >= 0.6 is 11.3 Å². The van der Waals surface area contributed by atoms with Gasteiger partial charge in [0.2, 0.25) is 5.91 Å². The summed E-state index contributed by atoms with van der Waals surface area (Å²) < 4.78 is 6.54. The summed E-state index contributed by atoms with van der Waals surface area (Å²) in [6.45, 7) is 6.16. The van der Waals surface area contributed by atoms with Gasteiger partial charge in [0.15, 0.2) is 5.13 Å². The Kier molecular flexibility index (Phi) is 7.34. The molecule has 1 aromatic heterocycles. The van der Waals surface area contributed by atoms with E-state index in [1.165, 1.54) is 16.9 Å². The number of rotatable bonds is 8. The lowest BCUT2D eigenvalue weighted by Gasteiger charge is -2.48. The van der Waals surface area contributed by atoms with Crippen LogP contribution in [0.4, 0.5) is 5.13 Å². The molecule has 2 N–H and O–H groups in total. The fourth-order valence-electron chi connectivity index (χ4n) is 5.60. The van der Waals surface area contributed by atoms with Gasteiger partial charge < -0.3 is 15.2 Å². The van der Waals surface area contributed by atoms with E-state index in [4.69, 9.17) is 4.74 Å². The highest BCUT2D eigenvalue weighted by Crippen LogP contribution is 2.38. The number of piperidine rings is 1. The van der Waals surface area contributed by atoms with Crippen LogP contribution in [-0.2, 0) is 11.2 Å². The molecule has 2 aromatic carbocycles. The molecule has 2 aliphatic heterocycles. The Labute approximate surface area is 210 Å². The molecular weight excluding hydrogens is 460 g/mol. The van der Waals surface area contributed by atoms with Crippen molar-refractivity contribution in [2.75, 3.05) is 44.6 Å². The summed E-state index contributed by atoms with van der Waals surface area (Å²) in [6, 6.07) is 16.3. The molecule has 2 atom stereocenters. The van der Waals surface area contributed by atoms with Gasteiger partial charge in [-0.15, -0.1) is 0 Å². The molecule has 8 heteroatoms. The number of anilines is 1. The van der Waals surface area contributed by atoms with Crippen molar-refractivity contribution in [1.82, 2.24) is 14.8 Å². The second-order valence-electron chi connectivity index (χ2n) is 9.56. The standard InChI is InChI=1S/C27H34N4O3S/c1-2-34-21-9-10-22-23(17-21)35-26(28-22)29-25(33)19-30-16-13-27(24(32)18-30)12-6-14-31(27)15-11-20-7-4-3-5-8-20/h3-5,7-10,17,24,32H,2,6,11-16,18-19H2,1H3,(H,28,29,33)/t24-,27-/m0/s1. The Morgan fingerprint density at radius 2 is 2.09 bits per heavy atom. The van der Waals surface area contributed by atoms with Crippen LogP contribution in [0, 0.1) is 0 Å². The number of aliphatic hydroxyl groups is 1. The molecule has 0 unspecified atom stereocenters. The predicted octanol–water partition coefficient (Wildman–Crippen LogP) is 3.78. The number of nitrogens with one attached hydrogen (secondary N) is 1. The Hall–Kier alpha value is -2.52. The van der Waals surface area contributed by atoms with Crippen LogP contribution in [0.5, 0.6) is 5.75 Å². The first-order valence-corrected chi connectivity index (χ1v) is 13.4. The molecule has 7 nitrogen and oxygen atoms in total. The van der Waals surface area contributed by atoms with Crippen LogP contribution in [0.2, 0.25) is 0 Å². The molecule has 0 radical (unpaired) electrons. The summed E-state index contributed by atoms with van der Waals surface area (Å²) in [5.74, 6) is 0.715. The first kappa shape index (κ1) is 24.2. The van der Waals surface area contributed by atoms with Gasteiger partial charge in [0.1, 0.15) is 5.75 Å². The van der Waals surface area contributed by atoms with E-state index in [1.54, 1.807) is 0 Å². The largest absolute Gasteiger partial charge is 0.494 e. The van der Waals surface area contributed by atoms with Gasteiger partial charge in [-0.1, -0.05) is 41.7 Å². The number of benzene rings is 2. The van der Waals surface area contributed by atoms with Crippen molar-refractivity contribution in [1.29, 1.82) is 0 Å². The van der Waals surface area contributed by atoms with Gasteiger partial charge in [0.05, 0.1) is 29.5 Å². The summed E-state index contributed by atoms with van der Waals surface area (Å²) in [5, 5.41) is 14.8. The van der Waals surface area contributed by atoms with Crippen LogP contribution in [0.15, 0.2) is 48.5 Å². The topological polar surface area (TPSA) is 77.9 Å². The lowest BCUT2D eigenvalue weighted by Crippen LogP contribution is -2.62. The maximum absolute atomic E-state index is 12.8. The van der Waals surface area contributed by atoms with E-state index in [0.29, 0.717) is 18.3 Å². The maximum atomic E-state index is 12.8. The third-order valence-corrected chi connectivity index (χ3v) is 8.31. The van der Waals surface area contributed by atoms with Gasteiger partial charge in [-0.25, -0.2) is 4.98 Å². The van der Waals surface area contributed by atoms with Gasteiger partial charge >= 0.3 is 0 Å². The third kappa shape index (κ3) is 5.35. The SMILES string of the molecule is CCOc1ccc2nc(NC(=O)CN3CC[C@@]4(CCCN4CCc4ccccc4)[C@@H](O)C3)sc2c1. The van der Waals surface area contributed by atoms with E-state index in [-0.39, 0.29) is 18.0 Å². The average molecular weight is 495 g/mol. The second kappa shape index (κ2) is 10.6. The van der Waals surface area contributed by atoms with Crippen molar-refractivity contribution in [2.24, 2.45) is 0 Å². The minimum absolute atomic E-state index is 0.0930. The van der Waals surface area contributed by atoms with Crippen LogP contribution in [0.1, 0.15) is 31.7 Å². The second-order valence-corrected chi connectivity index (χ2v) is 10.6. The first-order chi connectivity index (χ1) is 17.1. The number of nitrogens with zero attached hydrogens (tertiary/aromatic N) is 3. The zero-order chi connectivity index (χ0) is 24.3. The number of aromatic nitrogens is 1. The number of aliphatic hydroxyl groups excluding tert-OH is 1. The van der Waals surface area contributed by atoms with Gasteiger partial charge in [-0.05, 0) is 62.9 Å². The number of ether oxygens (including phenoxy) is 1. The highest BCUT2D eigenvalue weighted by Gasteiger charge is 2.49. The quantitative estimate of drug-likeness (QED) is 0.496. The molecule has 0 saturated carbocycles. The smallest absolute Gasteiger partial charge is 0.240 e. The minimum Gasteiger partial charge on any atom is -0.494 e. The zero-order valence-electron chi connectivity index (χ0n) is 20.3. The summed E-state index contributed by atoms with van der Waals surface area (Å²) in [5.41, 5.74) is 2.02. The lowest BCUT2D eigenvalue weighted by molar-refractivity contribution is -0.120. The fraction of sp³-hybridized carbons (Fsp3) is 0.481. The van der Waals surface area contributed by atoms with E-state index in [1.807, 2.05) is 31.2 Å². The molecule has 5 rings (SSSR count). The van der Waals surface area contributed by atoms with Crippen LogP contribution in [0.3, 0.4) is 0 Å². The van der Waals surface area contributed by atoms with Gasteiger partial charge in [-0.3, -0.25) is 14.6 Å². The summed E-state index contributed by atoms with van der Waals surface area (Å²) in [6.07, 6.45) is 3.57. The van der Waals surface area contributed by atoms with Crippen molar-refractivity contribution in [3.05, 3.63) is 54.1 Å². The summed E-state index contributed by atoms with van der Waals surface area (Å²) in [4.78, 5) is 21.9. The molecular formula is C27H34N4O3S. The molecule has 2 aliphatic rings. The monoisotopic (exact) mass is 494 g/mol. The number of thiazole rings is 1. The van der Waals surface area contributed by atoms with Gasteiger partial charge in [0, 0.05) is 25.2 Å². The molecule has 0 aliphatic carbocycles. The van der Waals surface area contributed by atoms with Crippen LogP contribution in [0.25, 0.3) is 10.2 Å². The van der Waals surface area contributed by atoms with E-state index in [9.17, 15) is 9.90 Å². The molecule has 3 aromatic rings. The molecule has 2 fully saturated rings. The molecule has 1 spiro atoms. The molecule has 0 bridgehead atoms. The average Bonchev–Trinajstić information content (AvgIpc) is 3.44. The molecule has 2 saturated heterocycles. The van der Waals surface area contributed by atoms with Gasteiger partial charge in [-0.2, -0.15) is 0 Å². The van der Waals surface area contributed by atoms with Crippen molar-refractivity contribution < 1.29 is 14.6 Å². The normalized spacial score (nSPS) is 23.2. The Morgan fingerprint density at radius 3 is 2.89 bits per heavy atom. The van der Waals surface area contributed by atoms with Gasteiger partial charge in [0.25, 0.3) is 0 Å². The fourth-order valence-corrected chi connectivity index (χ4v) is 6.52. The molecule has 186 valence electrons. The van der Waals surface area contributed by atoms with Crippen LogP contribution < -0.4 is 10.1 Å². The number of carbonyl (C=O) groups excluding carboxylic acids is 1. The minimum atomic E-state index is -0.457. The van der Waals surface area contributed by atoms with Crippen molar-refractivity contribution >= 4 is 32.6 Å². The highest BCUT2D eigenvalue weighted by atomic mass is 32.1. The molecule has 3 heterocycles. The Bertz CT molecular complexity index is 1150. The molecule has 1 amide bonds. The number of carbonyl (C=O) groups is 1. The number of hydrogen-bond donors (Lipinski definition) is 2. The van der Waals surface area contributed by atoms with E-state index in [2.05, 4.69) is 44.4 Å². The van der Waals surface area contributed by atoms with E-state index in [0.717, 1.165) is 61.3 Å². The Balaban J connectivity index is 1.16. The number of β-amino-alcohol motifs (C(OH)–C–C–N with tert-alkyl or cyclic N) is 1. The summed E-state index contributed by atoms with van der Waals surface area (Å²) in [7, 11) is 0. The molecule has 35 heavy (non-hydrogen) atoms. The van der Waals surface area contributed by atoms with E-state index < -0.39 is 6.10 Å². The highest BCUT2D eigenvalue weighted by molar-refractivity contribution is 7.22. The lowest BCUT2D eigenvalue weighted by atomic mass is 9.82. The van der Waals surface area contributed by atoms with Crippen molar-refractivity contribution in [3.63, 3.8) is 0 Å². The third-order valence-electron chi connectivity index (χ3n) is 7.38. The van der Waals surface area contributed by atoms with Crippen molar-refractivity contribution in [3.8, 4) is 5.75 Å². The number of likely N-dealkylation sites (tertiary alicyclic amines) is 2. The van der Waals surface area contributed by atoms with E-state index >= 15 is 0 Å². The van der Waals surface area contributed by atoms with Crippen LogP contribution in [-0.4, -0.2) is 76.8 Å². The Morgan fingerprint density at radius 1 is 1.23 bits per heavy atom. The number of hydrogen-bond acceptors (Lipinski definition) is 7. The summed E-state index contributed by atoms with van der Waals surface area (Å²) >= 11 is 1.45. The number of amides is 1. The maximum Gasteiger partial charge on any atom is 0.240 e. The van der Waals surface area contributed by atoms with Crippen molar-refractivity contribution in [2.45, 2.75) is 44.2 Å². The first-order valence-electron chi connectivity index (χ1n) is 12.6. The zero-order valence-corrected chi connectivity index (χ0v) is 21.1. The predicted molar refractivity (Wildman–Crippen MR) is 140 cm³/mol.